The van der Waals surface area contributed by atoms with Crippen LogP contribution in [-0.2, 0) is 4.74 Å². The SMILES string of the molecule is CCCCCCCCOCCC(C)(C)CN. The van der Waals surface area contributed by atoms with Crippen molar-refractivity contribution in [2.75, 3.05) is 19.8 Å². The van der Waals surface area contributed by atoms with E-state index < -0.39 is 0 Å². The first-order valence-corrected chi connectivity index (χ1v) is 6.90. The molecular formula is C14H31NO. The van der Waals surface area contributed by atoms with Crippen molar-refractivity contribution in [1.82, 2.24) is 0 Å². The first kappa shape index (κ1) is 15.9. The molecule has 0 aromatic carbocycles. The van der Waals surface area contributed by atoms with E-state index in [1.165, 1.54) is 38.5 Å². The molecule has 2 N–H and O–H groups in total. The second-order valence-electron chi connectivity index (χ2n) is 5.50. The molecule has 0 aromatic heterocycles. The first-order chi connectivity index (χ1) is 7.62. The summed E-state index contributed by atoms with van der Waals surface area (Å²) in [6.07, 6.45) is 9.06. The highest BCUT2D eigenvalue weighted by Crippen LogP contribution is 2.17. The summed E-state index contributed by atoms with van der Waals surface area (Å²) >= 11 is 0. The normalized spacial score (nSPS) is 12.0. The zero-order chi connectivity index (χ0) is 12.3. The predicted octanol–water partition coefficient (Wildman–Crippen LogP) is 3.74. The van der Waals surface area contributed by atoms with Crippen molar-refractivity contribution in [2.24, 2.45) is 11.1 Å². The van der Waals surface area contributed by atoms with Crippen LogP contribution in [0.15, 0.2) is 0 Å². The molecule has 2 nitrogen and oxygen atoms in total. The second kappa shape index (κ2) is 10.1. The van der Waals surface area contributed by atoms with E-state index in [4.69, 9.17) is 10.5 Å². The van der Waals surface area contributed by atoms with Gasteiger partial charge in [-0.15, -0.1) is 0 Å². The van der Waals surface area contributed by atoms with Crippen LogP contribution < -0.4 is 5.73 Å². The summed E-state index contributed by atoms with van der Waals surface area (Å²) in [5.74, 6) is 0. The first-order valence-electron chi connectivity index (χ1n) is 6.90. The van der Waals surface area contributed by atoms with Crippen LogP contribution in [0.3, 0.4) is 0 Å². The Bertz CT molecular complexity index is 146. The third kappa shape index (κ3) is 10.4. The van der Waals surface area contributed by atoms with E-state index in [0.717, 1.165) is 26.2 Å². The molecule has 0 aliphatic carbocycles. The lowest BCUT2D eigenvalue weighted by Crippen LogP contribution is -2.25. The van der Waals surface area contributed by atoms with Gasteiger partial charge in [0.15, 0.2) is 0 Å². The van der Waals surface area contributed by atoms with Gasteiger partial charge in [-0.05, 0) is 24.8 Å². The molecule has 0 aromatic rings. The van der Waals surface area contributed by atoms with Gasteiger partial charge < -0.3 is 10.5 Å². The molecule has 0 rings (SSSR count). The molecule has 0 saturated carbocycles. The van der Waals surface area contributed by atoms with Crippen molar-refractivity contribution >= 4 is 0 Å². The summed E-state index contributed by atoms with van der Waals surface area (Å²) in [4.78, 5) is 0. The van der Waals surface area contributed by atoms with Crippen LogP contribution in [0.2, 0.25) is 0 Å². The van der Waals surface area contributed by atoms with Gasteiger partial charge >= 0.3 is 0 Å². The Morgan fingerprint density at radius 2 is 1.56 bits per heavy atom. The van der Waals surface area contributed by atoms with Crippen molar-refractivity contribution in [1.29, 1.82) is 0 Å². The molecule has 0 aliphatic rings. The lowest BCUT2D eigenvalue weighted by Gasteiger charge is -2.21. The molecule has 0 radical (unpaired) electrons. The number of nitrogens with two attached hydrogens (primary N) is 1. The van der Waals surface area contributed by atoms with Crippen LogP contribution in [0, 0.1) is 5.41 Å². The van der Waals surface area contributed by atoms with E-state index >= 15 is 0 Å². The van der Waals surface area contributed by atoms with Crippen molar-refractivity contribution in [2.45, 2.75) is 65.7 Å². The zero-order valence-electron chi connectivity index (χ0n) is 11.6. The van der Waals surface area contributed by atoms with Crippen molar-refractivity contribution in [3.05, 3.63) is 0 Å². The predicted molar refractivity (Wildman–Crippen MR) is 71.6 cm³/mol. The smallest absolute Gasteiger partial charge is 0.0471 e. The van der Waals surface area contributed by atoms with Gasteiger partial charge in [0, 0.05) is 13.2 Å². The largest absolute Gasteiger partial charge is 0.381 e. The Morgan fingerprint density at radius 1 is 0.938 bits per heavy atom. The molecule has 0 unspecified atom stereocenters. The second-order valence-corrected chi connectivity index (χ2v) is 5.50. The number of ether oxygens (including phenoxy) is 1. The van der Waals surface area contributed by atoms with Crippen molar-refractivity contribution in [3.8, 4) is 0 Å². The van der Waals surface area contributed by atoms with Crippen molar-refractivity contribution in [3.63, 3.8) is 0 Å². The lowest BCUT2D eigenvalue weighted by atomic mass is 9.90. The quantitative estimate of drug-likeness (QED) is 0.548. The van der Waals surface area contributed by atoms with E-state index in [9.17, 15) is 0 Å². The summed E-state index contributed by atoms with van der Waals surface area (Å²) < 4.78 is 5.62. The van der Waals surface area contributed by atoms with Crippen LogP contribution in [0.25, 0.3) is 0 Å². The third-order valence-electron chi connectivity index (χ3n) is 3.12. The highest BCUT2D eigenvalue weighted by Gasteiger charge is 2.14. The molecule has 0 spiro atoms. The zero-order valence-corrected chi connectivity index (χ0v) is 11.6. The Morgan fingerprint density at radius 3 is 2.19 bits per heavy atom. The van der Waals surface area contributed by atoms with E-state index in [-0.39, 0.29) is 5.41 Å². The van der Waals surface area contributed by atoms with E-state index in [0.29, 0.717) is 0 Å². The Kier molecular flexibility index (Phi) is 10.0. The standard InChI is InChI=1S/C14H31NO/c1-4-5-6-7-8-9-11-16-12-10-14(2,3)13-15/h4-13,15H2,1-3H3. The van der Waals surface area contributed by atoms with Crippen LogP contribution in [0.5, 0.6) is 0 Å². The van der Waals surface area contributed by atoms with E-state index in [1.807, 2.05) is 0 Å². The van der Waals surface area contributed by atoms with Crippen LogP contribution in [0.4, 0.5) is 0 Å². The molecule has 0 amide bonds. The van der Waals surface area contributed by atoms with Gasteiger partial charge in [-0.3, -0.25) is 0 Å². The van der Waals surface area contributed by atoms with Gasteiger partial charge in [-0.25, -0.2) is 0 Å². The van der Waals surface area contributed by atoms with Gasteiger partial charge in [-0.2, -0.15) is 0 Å². The molecule has 0 saturated heterocycles. The molecule has 0 fully saturated rings. The number of hydrogen-bond donors (Lipinski definition) is 1. The maximum atomic E-state index is 5.66. The van der Waals surface area contributed by atoms with Crippen LogP contribution >= 0.6 is 0 Å². The molecule has 0 bridgehead atoms. The average molecular weight is 229 g/mol. The minimum atomic E-state index is 0.237. The fourth-order valence-electron chi connectivity index (χ4n) is 1.54. The third-order valence-corrected chi connectivity index (χ3v) is 3.12. The maximum absolute atomic E-state index is 5.66. The highest BCUT2D eigenvalue weighted by molar-refractivity contribution is 4.68. The van der Waals surface area contributed by atoms with Crippen LogP contribution in [-0.4, -0.2) is 19.8 Å². The number of unbranched alkanes of at least 4 members (excludes halogenated alkanes) is 5. The molecule has 16 heavy (non-hydrogen) atoms. The maximum Gasteiger partial charge on any atom is 0.0471 e. The fourth-order valence-corrected chi connectivity index (χ4v) is 1.54. The molecule has 2 heteroatoms. The Labute approximate surface area is 102 Å². The highest BCUT2D eigenvalue weighted by atomic mass is 16.5. The Hall–Kier alpha value is -0.0800. The summed E-state index contributed by atoms with van der Waals surface area (Å²) in [5, 5.41) is 0. The molecule has 0 atom stereocenters. The molecule has 0 heterocycles. The molecule has 98 valence electrons. The van der Waals surface area contributed by atoms with Gasteiger partial charge in [-0.1, -0.05) is 52.9 Å². The van der Waals surface area contributed by atoms with Crippen LogP contribution in [0.1, 0.15) is 65.7 Å². The summed E-state index contributed by atoms with van der Waals surface area (Å²) in [5.41, 5.74) is 5.90. The van der Waals surface area contributed by atoms with Gasteiger partial charge in [0.05, 0.1) is 0 Å². The number of hydrogen-bond acceptors (Lipinski definition) is 2. The average Bonchev–Trinajstić information content (AvgIpc) is 2.27. The van der Waals surface area contributed by atoms with E-state index in [1.54, 1.807) is 0 Å². The minimum Gasteiger partial charge on any atom is -0.381 e. The molecule has 0 aliphatic heterocycles. The fraction of sp³-hybridized carbons (Fsp3) is 1.00. The monoisotopic (exact) mass is 229 g/mol. The molecular weight excluding hydrogens is 198 g/mol. The topological polar surface area (TPSA) is 35.2 Å². The summed E-state index contributed by atoms with van der Waals surface area (Å²) in [7, 11) is 0. The van der Waals surface area contributed by atoms with Gasteiger partial charge in [0.2, 0.25) is 0 Å². The number of rotatable bonds is 11. The Balaban J connectivity index is 3.10. The van der Waals surface area contributed by atoms with Gasteiger partial charge in [0.25, 0.3) is 0 Å². The lowest BCUT2D eigenvalue weighted by molar-refractivity contribution is 0.102. The summed E-state index contributed by atoms with van der Waals surface area (Å²) in [6.45, 7) is 9.17. The van der Waals surface area contributed by atoms with E-state index in [2.05, 4.69) is 20.8 Å². The van der Waals surface area contributed by atoms with Gasteiger partial charge in [0.1, 0.15) is 0 Å². The minimum absolute atomic E-state index is 0.237. The summed E-state index contributed by atoms with van der Waals surface area (Å²) in [6, 6.07) is 0. The van der Waals surface area contributed by atoms with Crippen molar-refractivity contribution < 1.29 is 4.74 Å².